The van der Waals surface area contributed by atoms with Gasteiger partial charge in [-0.05, 0) is 25.7 Å². The average Bonchev–Trinajstić information content (AvgIpc) is 2.84. The standard InChI is InChI=1S/C12H18N4O/c17-11(14-10-3-1-2-4-10)7-16-8-13-12(15-16)9-5-6-9/h8-10H,1-7H2,(H,14,17). The summed E-state index contributed by atoms with van der Waals surface area (Å²) in [6.07, 6.45) is 8.77. The van der Waals surface area contributed by atoms with Gasteiger partial charge < -0.3 is 5.32 Å². The molecule has 2 fully saturated rings. The molecule has 92 valence electrons. The number of aromatic nitrogens is 3. The zero-order valence-corrected chi connectivity index (χ0v) is 9.93. The van der Waals surface area contributed by atoms with Gasteiger partial charge in [0, 0.05) is 12.0 Å². The molecule has 2 saturated carbocycles. The molecule has 0 bridgehead atoms. The van der Waals surface area contributed by atoms with Crippen molar-refractivity contribution in [3.8, 4) is 0 Å². The van der Waals surface area contributed by atoms with Crippen molar-refractivity contribution in [1.82, 2.24) is 20.1 Å². The molecular formula is C12H18N4O. The number of hydrogen-bond donors (Lipinski definition) is 1. The lowest BCUT2D eigenvalue weighted by Crippen LogP contribution is -2.35. The van der Waals surface area contributed by atoms with Gasteiger partial charge in [0.2, 0.25) is 5.91 Å². The van der Waals surface area contributed by atoms with Gasteiger partial charge in [-0.1, -0.05) is 12.8 Å². The van der Waals surface area contributed by atoms with E-state index in [1.807, 2.05) is 0 Å². The van der Waals surface area contributed by atoms with E-state index in [-0.39, 0.29) is 5.91 Å². The van der Waals surface area contributed by atoms with Crippen LogP contribution in [0, 0.1) is 0 Å². The maximum atomic E-state index is 11.8. The third kappa shape index (κ3) is 2.65. The monoisotopic (exact) mass is 234 g/mol. The fourth-order valence-corrected chi connectivity index (χ4v) is 2.40. The summed E-state index contributed by atoms with van der Waals surface area (Å²) in [5, 5.41) is 7.39. The molecule has 1 heterocycles. The van der Waals surface area contributed by atoms with Crippen molar-refractivity contribution in [2.45, 2.75) is 57.0 Å². The summed E-state index contributed by atoms with van der Waals surface area (Å²) in [5.74, 6) is 1.51. The molecule has 0 unspecified atom stereocenters. The summed E-state index contributed by atoms with van der Waals surface area (Å²) in [7, 11) is 0. The van der Waals surface area contributed by atoms with Crippen molar-refractivity contribution in [2.75, 3.05) is 0 Å². The van der Waals surface area contributed by atoms with Crippen molar-refractivity contribution in [1.29, 1.82) is 0 Å². The van der Waals surface area contributed by atoms with Crippen LogP contribution >= 0.6 is 0 Å². The molecular weight excluding hydrogens is 216 g/mol. The molecule has 0 saturated heterocycles. The molecule has 0 radical (unpaired) electrons. The van der Waals surface area contributed by atoms with Crippen LogP contribution in [0.3, 0.4) is 0 Å². The molecule has 5 heteroatoms. The van der Waals surface area contributed by atoms with Gasteiger partial charge in [-0.15, -0.1) is 0 Å². The first-order chi connectivity index (χ1) is 8.31. The van der Waals surface area contributed by atoms with Crippen molar-refractivity contribution >= 4 is 5.91 Å². The lowest BCUT2D eigenvalue weighted by Gasteiger charge is -2.11. The number of hydrogen-bond acceptors (Lipinski definition) is 3. The molecule has 17 heavy (non-hydrogen) atoms. The number of amides is 1. The van der Waals surface area contributed by atoms with Crippen molar-refractivity contribution in [3.05, 3.63) is 12.2 Å². The molecule has 3 rings (SSSR count). The molecule has 0 aromatic carbocycles. The topological polar surface area (TPSA) is 59.8 Å². The van der Waals surface area contributed by atoms with E-state index in [0.29, 0.717) is 18.5 Å². The summed E-state index contributed by atoms with van der Waals surface area (Å²) < 4.78 is 1.65. The fraction of sp³-hybridized carbons (Fsp3) is 0.750. The van der Waals surface area contributed by atoms with Crippen LogP contribution in [-0.4, -0.2) is 26.7 Å². The second-order valence-corrected chi connectivity index (χ2v) is 5.12. The van der Waals surface area contributed by atoms with Crippen LogP contribution in [0.4, 0.5) is 0 Å². The normalized spacial score (nSPS) is 20.7. The molecule has 2 aliphatic rings. The van der Waals surface area contributed by atoms with Crippen molar-refractivity contribution in [3.63, 3.8) is 0 Å². The Morgan fingerprint density at radius 2 is 2.12 bits per heavy atom. The quantitative estimate of drug-likeness (QED) is 0.852. The van der Waals surface area contributed by atoms with Crippen LogP contribution in [0.25, 0.3) is 0 Å². The summed E-state index contributed by atoms with van der Waals surface area (Å²) in [4.78, 5) is 16.0. The zero-order valence-electron chi connectivity index (χ0n) is 9.93. The van der Waals surface area contributed by atoms with Gasteiger partial charge >= 0.3 is 0 Å². The molecule has 1 aromatic rings. The van der Waals surface area contributed by atoms with Crippen molar-refractivity contribution < 1.29 is 4.79 Å². The van der Waals surface area contributed by atoms with Gasteiger partial charge in [-0.25, -0.2) is 9.67 Å². The third-order valence-corrected chi connectivity index (χ3v) is 3.52. The van der Waals surface area contributed by atoms with E-state index >= 15 is 0 Å². The Kier molecular flexibility index (Phi) is 2.82. The largest absolute Gasteiger partial charge is 0.352 e. The van der Waals surface area contributed by atoms with Gasteiger partial charge in [0.25, 0.3) is 0 Å². The average molecular weight is 234 g/mol. The summed E-state index contributed by atoms with van der Waals surface area (Å²) >= 11 is 0. The third-order valence-electron chi connectivity index (χ3n) is 3.52. The maximum absolute atomic E-state index is 11.8. The first-order valence-corrected chi connectivity index (χ1v) is 6.50. The molecule has 1 aromatic heterocycles. The Labute approximate surface area is 101 Å². The van der Waals surface area contributed by atoms with E-state index in [1.54, 1.807) is 11.0 Å². The molecule has 5 nitrogen and oxygen atoms in total. The Morgan fingerprint density at radius 1 is 1.35 bits per heavy atom. The Hall–Kier alpha value is -1.39. The second-order valence-electron chi connectivity index (χ2n) is 5.12. The van der Waals surface area contributed by atoms with Crippen LogP contribution in [0.2, 0.25) is 0 Å². The van der Waals surface area contributed by atoms with Crippen LogP contribution in [0.15, 0.2) is 6.33 Å². The summed E-state index contributed by atoms with van der Waals surface area (Å²) in [6, 6.07) is 0.383. The molecule has 0 spiro atoms. The summed E-state index contributed by atoms with van der Waals surface area (Å²) in [5.41, 5.74) is 0. The first-order valence-electron chi connectivity index (χ1n) is 6.50. The van der Waals surface area contributed by atoms with E-state index in [9.17, 15) is 4.79 Å². The Balaban J connectivity index is 1.52. The van der Waals surface area contributed by atoms with Crippen LogP contribution < -0.4 is 5.32 Å². The van der Waals surface area contributed by atoms with E-state index in [2.05, 4.69) is 15.4 Å². The minimum Gasteiger partial charge on any atom is -0.352 e. The van der Waals surface area contributed by atoms with Gasteiger partial charge in [0.1, 0.15) is 12.9 Å². The number of nitrogens with zero attached hydrogens (tertiary/aromatic N) is 3. The van der Waals surface area contributed by atoms with Crippen LogP contribution in [0.1, 0.15) is 50.3 Å². The lowest BCUT2D eigenvalue weighted by molar-refractivity contribution is -0.122. The van der Waals surface area contributed by atoms with Gasteiger partial charge in [-0.3, -0.25) is 4.79 Å². The molecule has 2 aliphatic carbocycles. The van der Waals surface area contributed by atoms with Gasteiger partial charge in [0.05, 0.1) is 0 Å². The highest BCUT2D eigenvalue weighted by Crippen LogP contribution is 2.37. The van der Waals surface area contributed by atoms with E-state index in [1.165, 1.54) is 25.7 Å². The second kappa shape index (κ2) is 4.47. The smallest absolute Gasteiger partial charge is 0.242 e. The molecule has 0 atom stereocenters. The molecule has 1 amide bonds. The number of carbonyl (C=O) groups excluding carboxylic acids is 1. The Morgan fingerprint density at radius 3 is 2.82 bits per heavy atom. The minimum atomic E-state index is 0.0594. The van der Waals surface area contributed by atoms with Crippen LogP contribution in [0.5, 0.6) is 0 Å². The highest BCUT2D eigenvalue weighted by molar-refractivity contribution is 5.75. The number of carbonyl (C=O) groups is 1. The maximum Gasteiger partial charge on any atom is 0.242 e. The SMILES string of the molecule is O=C(Cn1cnc(C2CC2)n1)NC1CCCC1. The van der Waals surface area contributed by atoms with E-state index < -0.39 is 0 Å². The minimum absolute atomic E-state index is 0.0594. The molecule has 1 N–H and O–H groups in total. The number of rotatable bonds is 4. The van der Waals surface area contributed by atoms with E-state index in [0.717, 1.165) is 18.7 Å². The van der Waals surface area contributed by atoms with E-state index in [4.69, 9.17) is 0 Å². The highest BCUT2D eigenvalue weighted by Gasteiger charge is 2.27. The summed E-state index contributed by atoms with van der Waals surface area (Å²) in [6.45, 7) is 0.302. The van der Waals surface area contributed by atoms with Crippen molar-refractivity contribution in [2.24, 2.45) is 0 Å². The zero-order chi connectivity index (χ0) is 11.7. The Bertz CT molecular complexity index is 404. The first kappa shape index (κ1) is 10.7. The molecule has 0 aliphatic heterocycles. The lowest BCUT2D eigenvalue weighted by atomic mass is 10.2. The van der Waals surface area contributed by atoms with Gasteiger partial charge in [-0.2, -0.15) is 5.10 Å². The predicted molar refractivity (Wildman–Crippen MR) is 62.4 cm³/mol. The van der Waals surface area contributed by atoms with Crippen LogP contribution in [-0.2, 0) is 11.3 Å². The highest BCUT2D eigenvalue weighted by atomic mass is 16.2. The number of nitrogens with one attached hydrogen (secondary N) is 1. The fourth-order valence-electron chi connectivity index (χ4n) is 2.40. The van der Waals surface area contributed by atoms with Gasteiger partial charge in [0.15, 0.2) is 5.82 Å². The predicted octanol–water partition coefficient (Wildman–Crippen LogP) is 1.21.